The number of rotatable bonds is 3. The molecule has 3 aromatic rings. The summed E-state index contributed by atoms with van der Waals surface area (Å²) in [7, 11) is 3.09. The van der Waals surface area contributed by atoms with Crippen LogP contribution in [0.1, 0.15) is 54.2 Å². The Morgan fingerprint density at radius 2 is 1.76 bits per heavy atom. The predicted molar refractivity (Wildman–Crippen MR) is 128 cm³/mol. The number of aryl methyl sites for hydroxylation is 2. The Morgan fingerprint density at radius 3 is 2.36 bits per heavy atom. The Kier molecular flexibility index (Phi) is 4.90. The highest BCUT2D eigenvalue weighted by Crippen LogP contribution is 2.52. The normalized spacial score (nSPS) is 17.8. The standard InChI is InChI=1S/C27H30N2O4/c1-15-8-10-18(11-9-15)21-19-14-16(2)29-23(19)22(17(3)20(21)24(30)25(31)33-5)28(4)26(32)27(29)12-6-7-13-27/h8-11,14,24,30H,6-7,12-13H2,1-5H3/t24-/m0/s1. The van der Waals surface area contributed by atoms with Gasteiger partial charge in [-0.2, -0.15) is 0 Å². The van der Waals surface area contributed by atoms with Gasteiger partial charge in [-0.25, -0.2) is 4.79 Å². The van der Waals surface area contributed by atoms with Crippen LogP contribution in [0.2, 0.25) is 0 Å². The minimum Gasteiger partial charge on any atom is -0.467 e. The van der Waals surface area contributed by atoms with E-state index in [1.807, 2.05) is 52.1 Å². The van der Waals surface area contributed by atoms with Crippen molar-refractivity contribution in [3.63, 3.8) is 0 Å². The SMILES string of the molecule is COC(=O)[C@@H](O)c1c(C)c2c3c(cc(C)n3C3(CCCC3)C(=O)N2C)c1-c1ccc(C)cc1. The lowest BCUT2D eigenvalue weighted by atomic mass is 9.85. The molecule has 1 aliphatic heterocycles. The average molecular weight is 447 g/mol. The molecule has 1 amide bonds. The van der Waals surface area contributed by atoms with Crippen molar-refractivity contribution < 1.29 is 19.4 Å². The van der Waals surface area contributed by atoms with E-state index in [1.54, 1.807) is 4.90 Å². The van der Waals surface area contributed by atoms with Crippen LogP contribution < -0.4 is 4.90 Å². The van der Waals surface area contributed by atoms with E-state index < -0.39 is 17.6 Å². The molecule has 1 aliphatic carbocycles. The summed E-state index contributed by atoms with van der Waals surface area (Å²) in [5.41, 5.74) is 6.31. The summed E-state index contributed by atoms with van der Waals surface area (Å²) >= 11 is 0. The summed E-state index contributed by atoms with van der Waals surface area (Å²) in [5.74, 6) is -0.635. The van der Waals surface area contributed by atoms with Gasteiger partial charge in [-0.1, -0.05) is 42.7 Å². The van der Waals surface area contributed by atoms with Gasteiger partial charge < -0.3 is 19.3 Å². The van der Waals surface area contributed by atoms with Crippen LogP contribution in [0.25, 0.3) is 22.0 Å². The van der Waals surface area contributed by atoms with Gasteiger partial charge in [-0.3, -0.25) is 4.79 Å². The van der Waals surface area contributed by atoms with Crippen molar-refractivity contribution >= 4 is 28.5 Å². The zero-order valence-electron chi connectivity index (χ0n) is 19.9. The molecule has 1 saturated carbocycles. The number of carbonyl (C=O) groups is 2. The topological polar surface area (TPSA) is 71.8 Å². The van der Waals surface area contributed by atoms with Crippen LogP contribution in [0.3, 0.4) is 0 Å². The second-order valence-corrected chi connectivity index (χ2v) is 9.54. The number of amides is 1. The van der Waals surface area contributed by atoms with Crippen molar-refractivity contribution in [1.82, 2.24) is 4.57 Å². The highest BCUT2D eigenvalue weighted by atomic mass is 16.5. The Morgan fingerprint density at radius 1 is 1.12 bits per heavy atom. The van der Waals surface area contributed by atoms with Crippen LogP contribution in [0.15, 0.2) is 30.3 Å². The number of esters is 1. The maximum absolute atomic E-state index is 13.8. The number of aliphatic hydroxyl groups is 1. The zero-order valence-corrected chi connectivity index (χ0v) is 19.9. The van der Waals surface area contributed by atoms with E-state index in [-0.39, 0.29) is 5.91 Å². The fourth-order valence-electron chi connectivity index (χ4n) is 6.17. The van der Waals surface area contributed by atoms with Gasteiger partial charge in [0.2, 0.25) is 0 Å². The minimum absolute atomic E-state index is 0.0813. The molecule has 1 spiro atoms. The Balaban J connectivity index is 1.96. The number of methoxy groups -OCH3 is 1. The molecule has 5 rings (SSSR count). The monoisotopic (exact) mass is 446 g/mol. The van der Waals surface area contributed by atoms with E-state index in [0.29, 0.717) is 5.56 Å². The molecule has 6 heteroatoms. The Bertz CT molecular complexity index is 1300. The predicted octanol–water partition coefficient (Wildman–Crippen LogP) is 4.69. The molecule has 1 atom stereocenters. The van der Waals surface area contributed by atoms with E-state index in [9.17, 15) is 14.7 Å². The van der Waals surface area contributed by atoms with Crippen molar-refractivity contribution in [3.8, 4) is 11.1 Å². The van der Waals surface area contributed by atoms with Crippen LogP contribution in [-0.2, 0) is 19.9 Å². The quantitative estimate of drug-likeness (QED) is 0.593. The fourth-order valence-corrected chi connectivity index (χ4v) is 6.17. The summed E-state index contributed by atoms with van der Waals surface area (Å²) in [6.07, 6.45) is 2.24. The average Bonchev–Trinajstić information content (AvgIpc) is 3.41. The summed E-state index contributed by atoms with van der Waals surface area (Å²) in [6.45, 7) is 5.96. The van der Waals surface area contributed by atoms with Crippen molar-refractivity contribution in [3.05, 3.63) is 52.7 Å². The van der Waals surface area contributed by atoms with Gasteiger partial charge >= 0.3 is 5.97 Å². The molecule has 1 N–H and O–H groups in total. The van der Waals surface area contributed by atoms with E-state index in [2.05, 4.69) is 10.6 Å². The van der Waals surface area contributed by atoms with Crippen molar-refractivity contribution in [2.24, 2.45) is 0 Å². The summed E-state index contributed by atoms with van der Waals surface area (Å²) in [4.78, 5) is 28.0. The van der Waals surface area contributed by atoms with Crippen molar-refractivity contribution in [1.29, 1.82) is 0 Å². The van der Waals surface area contributed by atoms with E-state index in [0.717, 1.165) is 70.2 Å². The van der Waals surface area contributed by atoms with Gasteiger partial charge in [-0.15, -0.1) is 0 Å². The molecule has 1 aromatic heterocycles. The number of nitrogens with zero attached hydrogens (tertiary/aromatic N) is 2. The first kappa shape index (κ1) is 21.7. The molecule has 0 radical (unpaired) electrons. The van der Waals surface area contributed by atoms with Crippen LogP contribution in [0, 0.1) is 20.8 Å². The first-order valence-electron chi connectivity index (χ1n) is 11.5. The van der Waals surface area contributed by atoms with Crippen LogP contribution >= 0.6 is 0 Å². The van der Waals surface area contributed by atoms with Gasteiger partial charge in [0, 0.05) is 23.7 Å². The van der Waals surface area contributed by atoms with Gasteiger partial charge in [0.05, 0.1) is 18.3 Å². The number of ether oxygens (including phenoxy) is 1. The lowest BCUT2D eigenvalue weighted by Crippen LogP contribution is -2.51. The molecule has 2 aliphatic rings. The molecular weight excluding hydrogens is 416 g/mol. The highest BCUT2D eigenvalue weighted by Gasteiger charge is 2.50. The van der Waals surface area contributed by atoms with E-state index in [4.69, 9.17) is 4.74 Å². The first-order chi connectivity index (χ1) is 15.7. The molecule has 2 aromatic carbocycles. The van der Waals surface area contributed by atoms with Crippen LogP contribution in [-0.4, -0.2) is 35.7 Å². The highest BCUT2D eigenvalue weighted by molar-refractivity contribution is 6.15. The number of carbonyl (C=O) groups excluding carboxylic acids is 2. The molecule has 2 heterocycles. The second-order valence-electron chi connectivity index (χ2n) is 9.54. The molecule has 33 heavy (non-hydrogen) atoms. The van der Waals surface area contributed by atoms with E-state index >= 15 is 0 Å². The summed E-state index contributed by atoms with van der Waals surface area (Å²) in [6, 6.07) is 10.2. The number of aromatic nitrogens is 1. The van der Waals surface area contributed by atoms with Crippen molar-refractivity contribution in [2.45, 2.75) is 58.1 Å². The number of hydrogen-bond acceptors (Lipinski definition) is 4. The lowest BCUT2D eigenvalue weighted by Gasteiger charge is -2.42. The number of benzene rings is 2. The molecule has 0 unspecified atom stereocenters. The zero-order chi connectivity index (χ0) is 23.7. The molecule has 6 nitrogen and oxygen atoms in total. The molecule has 172 valence electrons. The largest absolute Gasteiger partial charge is 0.467 e. The summed E-state index contributed by atoms with van der Waals surface area (Å²) < 4.78 is 7.15. The molecule has 0 saturated heterocycles. The Labute approximate surface area is 193 Å². The number of hydrogen-bond donors (Lipinski definition) is 1. The van der Waals surface area contributed by atoms with Crippen LogP contribution in [0.5, 0.6) is 0 Å². The third kappa shape index (κ3) is 2.83. The van der Waals surface area contributed by atoms with Gasteiger partial charge in [-0.05, 0) is 56.4 Å². The third-order valence-electron chi connectivity index (χ3n) is 7.64. The second kappa shape index (κ2) is 7.45. The number of anilines is 1. The van der Waals surface area contributed by atoms with Gasteiger partial charge in [0.15, 0.2) is 6.10 Å². The third-order valence-corrected chi connectivity index (χ3v) is 7.64. The molecule has 0 bridgehead atoms. The van der Waals surface area contributed by atoms with Gasteiger partial charge in [0.1, 0.15) is 5.54 Å². The van der Waals surface area contributed by atoms with Crippen molar-refractivity contribution in [2.75, 3.05) is 19.1 Å². The fraction of sp³-hybridized carbons (Fsp3) is 0.407. The van der Waals surface area contributed by atoms with E-state index in [1.165, 1.54) is 7.11 Å². The van der Waals surface area contributed by atoms with Crippen LogP contribution in [0.4, 0.5) is 5.69 Å². The maximum atomic E-state index is 13.8. The Hall–Kier alpha value is -3.12. The number of likely N-dealkylation sites (N-methyl/N-ethyl adjacent to an activating group) is 1. The lowest BCUT2D eigenvalue weighted by molar-refractivity contribution is -0.150. The minimum atomic E-state index is -1.46. The smallest absolute Gasteiger partial charge is 0.339 e. The maximum Gasteiger partial charge on any atom is 0.339 e. The summed E-state index contributed by atoms with van der Waals surface area (Å²) in [5, 5.41) is 12.1. The molecular formula is C27H30N2O4. The first-order valence-corrected chi connectivity index (χ1v) is 11.5. The molecule has 1 fully saturated rings. The number of fused-ring (bicyclic) bond motifs is 1. The van der Waals surface area contributed by atoms with Gasteiger partial charge in [0.25, 0.3) is 5.91 Å². The number of aliphatic hydroxyl groups excluding tert-OH is 1.